The number of aromatic nitrogens is 1. The van der Waals surface area contributed by atoms with Crippen LogP contribution in [0.15, 0.2) is 18.3 Å². The van der Waals surface area contributed by atoms with E-state index in [4.69, 9.17) is 5.73 Å². The number of aryl methyl sites for hydroxylation is 1. The molecule has 4 nitrogen and oxygen atoms in total. The van der Waals surface area contributed by atoms with Crippen LogP contribution in [0.3, 0.4) is 0 Å². The Morgan fingerprint density at radius 3 is 2.82 bits per heavy atom. The number of amides is 1. The zero-order chi connectivity index (χ0) is 12.3. The van der Waals surface area contributed by atoms with Crippen LogP contribution in [0, 0.1) is 0 Å². The maximum Gasteiger partial charge on any atom is 0.270 e. The number of nitrogens with two attached hydrogens (primary N) is 1. The molecule has 17 heavy (non-hydrogen) atoms. The number of carbonyl (C=O) groups is 1. The summed E-state index contributed by atoms with van der Waals surface area (Å²) in [6.07, 6.45) is 4.85. The lowest BCUT2D eigenvalue weighted by Crippen LogP contribution is -2.43. The minimum absolute atomic E-state index is 0.148. The molecule has 1 aliphatic heterocycles. The van der Waals surface area contributed by atoms with Gasteiger partial charge in [0.05, 0.1) is 0 Å². The van der Waals surface area contributed by atoms with Gasteiger partial charge in [0.15, 0.2) is 0 Å². The molecule has 2 heterocycles. The maximum absolute atomic E-state index is 12.3. The SMILES string of the molecule is CCCn1cccc1C(=O)N1CCC(N)CC1. The number of likely N-dealkylation sites (tertiary alicyclic amines) is 1. The summed E-state index contributed by atoms with van der Waals surface area (Å²) in [6, 6.07) is 4.12. The van der Waals surface area contributed by atoms with Gasteiger partial charge >= 0.3 is 0 Å². The van der Waals surface area contributed by atoms with Crippen LogP contribution in [0.2, 0.25) is 0 Å². The Labute approximate surface area is 102 Å². The quantitative estimate of drug-likeness (QED) is 0.862. The molecule has 0 unspecified atom stereocenters. The van der Waals surface area contributed by atoms with E-state index in [-0.39, 0.29) is 11.9 Å². The number of rotatable bonds is 3. The van der Waals surface area contributed by atoms with E-state index in [1.54, 1.807) is 0 Å². The highest BCUT2D eigenvalue weighted by Gasteiger charge is 2.23. The maximum atomic E-state index is 12.3. The summed E-state index contributed by atoms with van der Waals surface area (Å²) in [7, 11) is 0. The molecule has 0 aromatic carbocycles. The lowest BCUT2D eigenvalue weighted by molar-refractivity contribution is 0.0703. The van der Waals surface area contributed by atoms with Crippen molar-refractivity contribution < 1.29 is 4.79 Å². The number of hydrogen-bond acceptors (Lipinski definition) is 2. The molecule has 4 heteroatoms. The Bertz CT molecular complexity index is 378. The lowest BCUT2D eigenvalue weighted by atomic mass is 10.1. The fraction of sp³-hybridized carbons (Fsp3) is 0.615. The number of carbonyl (C=O) groups excluding carboxylic acids is 1. The van der Waals surface area contributed by atoms with Gasteiger partial charge in [-0.2, -0.15) is 0 Å². The van der Waals surface area contributed by atoms with Crippen molar-refractivity contribution in [3.8, 4) is 0 Å². The van der Waals surface area contributed by atoms with Crippen LogP contribution >= 0.6 is 0 Å². The summed E-state index contributed by atoms with van der Waals surface area (Å²) in [5, 5.41) is 0. The summed E-state index contributed by atoms with van der Waals surface area (Å²) >= 11 is 0. The predicted molar refractivity (Wildman–Crippen MR) is 67.8 cm³/mol. The van der Waals surface area contributed by atoms with E-state index in [2.05, 4.69) is 6.92 Å². The molecular formula is C13H21N3O. The molecule has 1 saturated heterocycles. The van der Waals surface area contributed by atoms with Crippen molar-refractivity contribution in [3.05, 3.63) is 24.0 Å². The van der Waals surface area contributed by atoms with Crippen molar-refractivity contribution in [2.24, 2.45) is 5.73 Å². The Hall–Kier alpha value is -1.29. The molecular weight excluding hydrogens is 214 g/mol. The third-order valence-corrected chi connectivity index (χ3v) is 3.34. The fourth-order valence-corrected chi connectivity index (χ4v) is 2.31. The second-order valence-electron chi connectivity index (χ2n) is 4.72. The number of hydrogen-bond donors (Lipinski definition) is 1. The molecule has 2 rings (SSSR count). The first kappa shape index (κ1) is 12.2. The second-order valence-corrected chi connectivity index (χ2v) is 4.72. The molecule has 0 aliphatic carbocycles. The van der Waals surface area contributed by atoms with Gasteiger partial charge in [0.1, 0.15) is 5.69 Å². The highest BCUT2D eigenvalue weighted by Crippen LogP contribution is 2.13. The van der Waals surface area contributed by atoms with E-state index < -0.39 is 0 Å². The van der Waals surface area contributed by atoms with Crippen LogP contribution in [0.25, 0.3) is 0 Å². The highest BCUT2D eigenvalue weighted by molar-refractivity contribution is 5.92. The normalized spacial score (nSPS) is 17.4. The van der Waals surface area contributed by atoms with E-state index in [0.29, 0.717) is 0 Å². The van der Waals surface area contributed by atoms with Gasteiger partial charge in [-0.15, -0.1) is 0 Å². The Morgan fingerprint density at radius 1 is 1.47 bits per heavy atom. The monoisotopic (exact) mass is 235 g/mol. The molecule has 2 N–H and O–H groups in total. The molecule has 0 spiro atoms. The van der Waals surface area contributed by atoms with Gasteiger partial charge in [-0.25, -0.2) is 0 Å². The van der Waals surface area contributed by atoms with Crippen molar-refractivity contribution in [3.63, 3.8) is 0 Å². The van der Waals surface area contributed by atoms with Crippen LogP contribution in [0.5, 0.6) is 0 Å². The van der Waals surface area contributed by atoms with E-state index in [1.165, 1.54) is 0 Å². The van der Waals surface area contributed by atoms with Crippen molar-refractivity contribution in [2.45, 2.75) is 38.8 Å². The summed E-state index contributed by atoms with van der Waals surface area (Å²) in [5.41, 5.74) is 6.66. The van der Waals surface area contributed by atoms with Crippen molar-refractivity contribution in [1.29, 1.82) is 0 Å². The third-order valence-electron chi connectivity index (χ3n) is 3.34. The Kier molecular flexibility index (Phi) is 3.84. The minimum Gasteiger partial charge on any atom is -0.344 e. The number of piperidine rings is 1. The van der Waals surface area contributed by atoms with Crippen LogP contribution in [-0.2, 0) is 6.54 Å². The zero-order valence-corrected chi connectivity index (χ0v) is 10.4. The van der Waals surface area contributed by atoms with Crippen molar-refractivity contribution in [2.75, 3.05) is 13.1 Å². The predicted octanol–water partition coefficient (Wildman–Crippen LogP) is 1.46. The third kappa shape index (κ3) is 2.69. The van der Waals surface area contributed by atoms with Gasteiger partial charge in [0, 0.05) is 31.9 Å². The van der Waals surface area contributed by atoms with Gasteiger partial charge in [-0.3, -0.25) is 4.79 Å². The van der Waals surface area contributed by atoms with Crippen LogP contribution in [0.1, 0.15) is 36.7 Å². The zero-order valence-electron chi connectivity index (χ0n) is 10.4. The standard InChI is InChI=1S/C13H21N3O/c1-2-7-15-8-3-4-12(15)13(17)16-9-5-11(14)6-10-16/h3-4,8,11H,2,5-7,9-10,14H2,1H3. The summed E-state index contributed by atoms with van der Waals surface area (Å²) in [6.45, 7) is 4.60. The van der Waals surface area contributed by atoms with E-state index >= 15 is 0 Å². The van der Waals surface area contributed by atoms with Gasteiger partial charge in [-0.1, -0.05) is 6.92 Å². The Morgan fingerprint density at radius 2 is 2.18 bits per heavy atom. The number of nitrogens with zero attached hydrogens (tertiary/aromatic N) is 2. The first-order valence-corrected chi connectivity index (χ1v) is 6.42. The van der Waals surface area contributed by atoms with Gasteiger partial charge in [-0.05, 0) is 31.4 Å². The molecule has 1 fully saturated rings. The van der Waals surface area contributed by atoms with Crippen molar-refractivity contribution in [1.82, 2.24) is 9.47 Å². The van der Waals surface area contributed by atoms with Gasteiger partial charge < -0.3 is 15.2 Å². The molecule has 0 bridgehead atoms. The summed E-state index contributed by atoms with van der Waals surface area (Å²) in [4.78, 5) is 14.2. The molecule has 0 saturated carbocycles. The van der Waals surface area contributed by atoms with Crippen LogP contribution < -0.4 is 5.73 Å². The van der Waals surface area contributed by atoms with E-state index in [1.807, 2.05) is 27.8 Å². The first-order chi connectivity index (χ1) is 8.22. The van der Waals surface area contributed by atoms with Gasteiger partial charge in [0.2, 0.25) is 0 Å². The van der Waals surface area contributed by atoms with Crippen molar-refractivity contribution >= 4 is 5.91 Å². The molecule has 1 aliphatic rings. The Balaban J connectivity index is 2.06. The van der Waals surface area contributed by atoms with E-state index in [0.717, 1.165) is 44.6 Å². The van der Waals surface area contributed by atoms with E-state index in [9.17, 15) is 4.79 Å². The molecule has 1 aromatic rings. The average Bonchev–Trinajstić information content (AvgIpc) is 2.78. The van der Waals surface area contributed by atoms with Crippen LogP contribution in [0.4, 0.5) is 0 Å². The largest absolute Gasteiger partial charge is 0.344 e. The second kappa shape index (κ2) is 5.36. The highest BCUT2D eigenvalue weighted by atomic mass is 16.2. The minimum atomic E-state index is 0.148. The molecule has 94 valence electrons. The molecule has 1 amide bonds. The summed E-state index contributed by atoms with van der Waals surface area (Å²) in [5.74, 6) is 0.148. The molecule has 1 aromatic heterocycles. The molecule has 0 atom stereocenters. The van der Waals surface area contributed by atoms with Gasteiger partial charge in [0.25, 0.3) is 5.91 Å². The summed E-state index contributed by atoms with van der Waals surface area (Å²) < 4.78 is 2.04. The topological polar surface area (TPSA) is 51.3 Å². The average molecular weight is 235 g/mol. The smallest absolute Gasteiger partial charge is 0.270 e. The first-order valence-electron chi connectivity index (χ1n) is 6.42. The molecule has 0 radical (unpaired) electrons. The fourth-order valence-electron chi connectivity index (χ4n) is 2.31. The lowest BCUT2D eigenvalue weighted by Gasteiger charge is -2.30. The van der Waals surface area contributed by atoms with Crippen LogP contribution in [-0.4, -0.2) is 34.5 Å².